The molecule has 102 valence electrons. The molecule has 2 bridgehead atoms. The Bertz CT molecular complexity index is 506. The summed E-state index contributed by atoms with van der Waals surface area (Å²) in [4.78, 5) is 14.5. The van der Waals surface area contributed by atoms with Crippen molar-refractivity contribution in [3.63, 3.8) is 0 Å². The number of amides is 1. The predicted octanol–water partition coefficient (Wildman–Crippen LogP) is 2.96. The third-order valence-electron chi connectivity index (χ3n) is 3.97. The molecule has 2 atom stereocenters. The molecule has 2 heterocycles. The van der Waals surface area contributed by atoms with Crippen LogP contribution in [-0.4, -0.2) is 36.0 Å². The van der Waals surface area contributed by atoms with Crippen LogP contribution in [-0.2, 0) is 0 Å². The highest BCUT2D eigenvalue weighted by atomic mass is 35.5. The molecule has 2 aliphatic rings. The van der Waals surface area contributed by atoms with E-state index in [4.69, 9.17) is 23.2 Å². The van der Waals surface area contributed by atoms with Crippen molar-refractivity contribution in [2.45, 2.75) is 31.3 Å². The average Bonchev–Trinajstić information content (AvgIpc) is 2.71. The van der Waals surface area contributed by atoms with Crippen molar-refractivity contribution in [3.05, 3.63) is 33.8 Å². The van der Waals surface area contributed by atoms with Gasteiger partial charge in [0.15, 0.2) is 0 Å². The third-order valence-corrected chi connectivity index (χ3v) is 4.53. The first-order chi connectivity index (χ1) is 9.13. The highest BCUT2D eigenvalue weighted by Crippen LogP contribution is 2.25. The van der Waals surface area contributed by atoms with Crippen LogP contribution in [0, 0.1) is 0 Å². The number of hydrogen-bond donors (Lipinski definition) is 1. The summed E-state index contributed by atoms with van der Waals surface area (Å²) in [5, 5.41) is 4.58. The molecule has 0 aromatic heterocycles. The lowest BCUT2D eigenvalue weighted by atomic mass is 10.1. The van der Waals surface area contributed by atoms with Crippen LogP contribution < -0.4 is 5.32 Å². The first-order valence-corrected chi connectivity index (χ1v) is 7.39. The molecule has 2 unspecified atom stereocenters. The Balaban J connectivity index is 1.81. The van der Waals surface area contributed by atoms with Crippen LogP contribution in [0.5, 0.6) is 0 Å². The Morgan fingerprint density at radius 1 is 1.21 bits per heavy atom. The van der Waals surface area contributed by atoms with Crippen molar-refractivity contribution >= 4 is 29.1 Å². The van der Waals surface area contributed by atoms with Crippen LogP contribution in [0.2, 0.25) is 10.0 Å². The molecule has 2 saturated heterocycles. The SMILES string of the molecule is O=C(c1cc(Cl)ccc1Cl)N1CCC2CCC(C1)N2. The van der Waals surface area contributed by atoms with Crippen LogP contribution in [0.1, 0.15) is 29.6 Å². The van der Waals surface area contributed by atoms with Gasteiger partial charge < -0.3 is 10.2 Å². The minimum Gasteiger partial charge on any atom is -0.337 e. The summed E-state index contributed by atoms with van der Waals surface area (Å²) >= 11 is 12.1. The number of carbonyl (C=O) groups excluding carboxylic acids is 1. The van der Waals surface area contributed by atoms with Crippen molar-refractivity contribution in [1.29, 1.82) is 0 Å². The van der Waals surface area contributed by atoms with E-state index in [0.717, 1.165) is 25.9 Å². The molecule has 3 nitrogen and oxygen atoms in total. The van der Waals surface area contributed by atoms with Gasteiger partial charge in [-0.25, -0.2) is 0 Å². The van der Waals surface area contributed by atoms with Gasteiger partial charge in [0.1, 0.15) is 0 Å². The molecule has 0 radical (unpaired) electrons. The molecule has 2 aliphatic heterocycles. The zero-order valence-corrected chi connectivity index (χ0v) is 12.0. The first-order valence-electron chi connectivity index (χ1n) is 6.64. The molecule has 1 aromatic rings. The normalized spacial score (nSPS) is 26.3. The van der Waals surface area contributed by atoms with Gasteiger partial charge >= 0.3 is 0 Å². The van der Waals surface area contributed by atoms with Gasteiger partial charge in [-0.3, -0.25) is 4.79 Å². The lowest BCUT2D eigenvalue weighted by Crippen LogP contribution is -2.39. The Labute approximate surface area is 122 Å². The van der Waals surface area contributed by atoms with Gasteiger partial charge in [0, 0.05) is 30.2 Å². The van der Waals surface area contributed by atoms with E-state index in [-0.39, 0.29) is 5.91 Å². The summed E-state index contributed by atoms with van der Waals surface area (Å²) in [7, 11) is 0. The maximum atomic E-state index is 12.6. The number of nitrogens with zero attached hydrogens (tertiary/aromatic N) is 1. The van der Waals surface area contributed by atoms with Crippen molar-refractivity contribution in [1.82, 2.24) is 10.2 Å². The van der Waals surface area contributed by atoms with Crippen molar-refractivity contribution in [2.75, 3.05) is 13.1 Å². The second-order valence-electron chi connectivity index (χ2n) is 5.30. The second kappa shape index (κ2) is 5.31. The van der Waals surface area contributed by atoms with Crippen LogP contribution in [0.25, 0.3) is 0 Å². The fraction of sp³-hybridized carbons (Fsp3) is 0.500. The Kier molecular flexibility index (Phi) is 3.70. The number of nitrogens with one attached hydrogen (secondary N) is 1. The fourth-order valence-electron chi connectivity index (χ4n) is 2.96. The van der Waals surface area contributed by atoms with Gasteiger partial charge in [0.05, 0.1) is 10.6 Å². The number of fused-ring (bicyclic) bond motifs is 2. The molecule has 1 aromatic carbocycles. The lowest BCUT2D eigenvalue weighted by Gasteiger charge is -2.24. The van der Waals surface area contributed by atoms with E-state index in [2.05, 4.69) is 5.32 Å². The second-order valence-corrected chi connectivity index (χ2v) is 6.15. The quantitative estimate of drug-likeness (QED) is 0.864. The highest BCUT2D eigenvalue weighted by Gasteiger charge is 2.31. The third kappa shape index (κ3) is 2.73. The van der Waals surface area contributed by atoms with Crippen LogP contribution in [0.15, 0.2) is 18.2 Å². The van der Waals surface area contributed by atoms with Crippen molar-refractivity contribution in [3.8, 4) is 0 Å². The van der Waals surface area contributed by atoms with E-state index < -0.39 is 0 Å². The number of benzene rings is 1. The number of carbonyl (C=O) groups is 1. The van der Waals surface area contributed by atoms with Crippen LogP contribution >= 0.6 is 23.2 Å². The average molecular weight is 299 g/mol. The van der Waals surface area contributed by atoms with Crippen LogP contribution in [0.3, 0.4) is 0 Å². The molecule has 0 spiro atoms. The zero-order valence-electron chi connectivity index (χ0n) is 10.5. The van der Waals surface area contributed by atoms with E-state index in [1.54, 1.807) is 18.2 Å². The predicted molar refractivity (Wildman–Crippen MR) is 76.9 cm³/mol. The molecular formula is C14H16Cl2N2O. The maximum Gasteiger partial charge on any atom is 0.255 e. The Hall–Kier alpha value is -0.770. The fourth-order valence-corrected chi connectivity index (χ4v) is 3.33. The Morgan fingerprint density at radius 2 is 2.00 bits per heavy atom. The molecule has 3 rings (SSSR count). The molecule has 1 amide bonds. The smallest absolute Gasteiger partial charge is 0.255 e. The van der Waals surface area contributed by atoms with Gasteiger partial charge in [0.2, 0.25) is 0 Å². The van der Waals surface area contributed by atoms with E-state index in [1.165, 1.54) is 6.42 Å². The number of halogens is 2. The summed E-state index contributed by atoms with van der Waals surface area (Å²) < 4.78 is 0. The first kappa shape index (κ1) is 13.2. The molecule has 2 fully saturated rings. The molecule has 1 N–H and O–H groups in total. The molecule has 0 saturated carbocycles. The number of likely N-dealkylation sites (tertiary alicyclic amines) is 1. The maximum absolute atomic E-state index is 12.6. The summed E-state index contributed by atoms with van der Waals surface area (Å²) in [6.07, 6.45) is 3.39. The van der Waals surface area contributed by atoms with Gasteiger partial charge in [-0.05, 0) is 37.5 Å². The standard InChI is InChI=1S/C14H16Cl2N2O/c15-9-1-4-13(16)12(7-9)14(19)18-6-5-10-2-3-11(8-18)17-10/h1,4,7,10-11,17H,2-3,5-6,8H2. The summed E-state index contributed by atoms with van der Waals surface area (Å²) in [5.41, 5.74) is 0.506. The highest BCUT2D eigenvalue weighted by molar-refractivity contribution is 6.35. The van der Waals surface area contributed by atoms with Gasteiger partial charge in [-0.2, -0.15) is 0 Å². The minimum absolute atomic E-state index is 0.0122. The summed E-state index contributed by atoms with van der Waals surface area (Å²) in [6, 6.07) is 6.03. The molecule has 5 heteroatoms. The Morgan fingerprint density at radius 3 is 2.84 bits per heavy atom. The topological polar surface area (TPSA) is 32.3 Å². The van der Waals surface area contributed by atoms with Crippen molar-refractivity contribution < 1.29 is 4.79 Å². The molecule has 0 aliphatic carbocycles. The van der Waals surface area contributed by atoms with E-state index >= 15 is 0 Å². The van der Waals surface area contributed by atoms with Gasteiger partial charge in [0.25, 0.3) is 5.91 Å². The van der Waals surface area contributed by atoms with E-state index in [0.29, 0.717) is 27.7 Å². The zero-order chi connectivity index (χ0) is 13.4. The monoisotopic (exact) mass is 298 g/mol. The van der Waals surface area contributed by atoms with Crippen LogP contribution in [0.4, 0.5) is 0 Å². The van der Waals surface area contributed by atoms with E-state index in [1.807, 2.05) is 4.90 Å². The van der Waals surface area contributed by atoms with E-state index in [9.17, 15) is 4.79 Å². The van der Waals surface area contributed by atoms with Gasteiger partial charge in [-0.1, -0.05) is 23.2 Å². The number of hydrogen-bond acceptors (Lipinski definition) is 2. The minimum atomic E-state index is -0.0122. The molecular weight excluding hydrogens is 283 g/mol. The van der Waals surface area contributed by atoms with Crippen molar-refractivity contribution in [2.24, 2.45) is 0 Å². The summed E-state index contributed by atoms with van der Waals surface area (Å²) in [5.74, 6) is -0.0122. The summed E-state index contributed by atoms with van der Waals surface area (Å²) in [6.45, 7) is 1.55. The lowest BCUT2D eigenvalue weighted by molar-refractivity contribution is 0.0748. The van der Waals surface area contributed by atoms with Gasteiger partial charge in [-0.15, -0.1) is 0 Å². The largest absolute Gasteiger partial charge is 0.337 e. The number of rotatable bonds is 1. The molecule has 19 heavy (non-hydrogen) atoms.